The molecule has 4 nitrogen and oxygen atoms in total. The molecule has 0 radical (unpaired) electrons. The SMILES string of the molecule is CC(C)[NH+](C)C(C)(C)C.O=C([O-])C1(O)c2ccccc2-c2ccccc21. The normalized spacial score (nSPS) is 15.5. The molecule has 1 unspecified atom stereocenters. The first-order valence-electron chi connectivity index (χ1n) is 8.98. The van der Waals surface area contributed by atoms with Crippen LogP contribution in [-0.2, 0) is 10.4 Å². The highest BCUT2D eigenvalue weighted by atomic mass is 16.4. The van der Waals surface area contributed by atoms with Crippen molar-refractivity contribution in [3.8, 4) is 11.1 Å². The number of carbonyl (C=O) groups excluding carboxylic acids is 1. The molecule has 0 aromatic heterocycles. The molecule has 0 fully saturated rings. The minimum absolute atomic E-state index is 0.376. The molecule has 26 heavy (non-hydrogen) atoms. The molecule has 0 saturated heterocycles. The number of benzene rings is 2. The lowest BCUT2D eigenvalue weighted by molar-refractivity contribution is -0.948. The summed E-state index contributed by atoms with van der Waals surface area (Å²) in [5, 5.41) is 21.7. The van der Waals surface area contributed by atoms with Crippen molar-refractivity contribution in [2.75, 3.05) is 7.05 Å². The fourth-order valence-electron chi connectivity index (χ4n) is 3.30. The third-order valence-electron chi connectivity index (χ3n) is 5.27. The highest BCUT2D eigenvalue weighted by Gasteiger charge is 2.42. The Hall–Kier alpha value is -2.17. The highest BCUT2D eigenvalue weighted by molar-refractivity contribution is 5.94. The van der Waals surface area contributed by atoms with Gasteiger partial charge in [0.05, 0.1) is 24.6 Å². The Kier molecular flexibility index (Phi) is 5.59. The number of hydrogen-bond acceptors (Lipinski definition) is 3. The van der Waals surface area contributed by atoms with E-state index in [1.165, 1.54) is 0 Å². The van der Waals surface area contributed by atoms with E-state index in [4.69, 9.17) is 0 Å². The predicted molar refractivity (Wildman–Crippen MR) is 102 cm³/mol. The minimum Gasteiger partial charge on any atom is -0.546 e. The number of rotatable bonds is 2. The summed E-state index contributed by atoms with van der Waals surface area (Å²) in [6.07, 6.45) is 0. The average molecular weight is 355 g/mol. The Morgan fingerprint density at radius 2 is 1.38 bits per heavy atom. The van der Waals surface area contributed by atoms with Crippen molar-refractivity contribution in [3.63, 3.8) is 0 Å². The summed E-state index contributed by atoms with van der Waals surface area (Å²) >= 11 is 0. The second-order valence-electron chi connectivity index (χ2n) is 8.18. The minimum atomic E-state index is -2.03. The lowest BCUT2D eigenvalue weighted by atomic mass is 9.92. The van der Waals surface area contributed by atoms with Gasteiger partial charge in [-0.25, -0.2) is 0 Å². The van der Waals surface area contributed by atoms with Crippen LogP contribution >= 0.6 is 0 Å². The van der Waals surface area contributed by atoms with Gasteiger partial charge in [-0.2, -0.15) is 0 Å². The second-order valence-corrected chi connectivity index (χ2v) is 8.18. The van der Waals surface area contributed by atoms with Gasteiger partial charge in [0, 0.05) is 11.1 Å². The summed E-state index contributed by atoms with van der Waals surface area (Å²) in [4.78, 5) is 12.9. The van der Waals surface area contributed by atoms with Crippen LogP contribution in [0.5, 0.6) is 0 Å². The van der Waals surface area contributed by atoms with Crippen LogP contribution in [0.2, 0.25) is 0 Å². The maximum atomic E-state index is 11.3. The Morgan fingerprint density at radius 1 is 1.00 bits per heavy atom. The molecule has 1 aliphatic carbocycles. The van der Waals surface area contributed by atoms with Crippen molar-refractivity contribution in [1.82, 2.24) is 0 Å². The van der Waals surface area contributed by atoms with Gasteiger partial charge in [0.2, 0.25) is 0 Å². The molecule has 140 valence electrons. The molecule has 4 heteroatoms. The van der Waals surface area contributed by atoms with Crippen LogP contribution in [0, 0.1) is 0 Å². The molecule has 0 amide bonds. The van der Waals surface area contributed by atoms with E-state index in [0.29, 0.717) is 16.7 Å². The van der Waals surface area contributed by atoms with Gasteiger partial charge in [0.1, 0.15) is 0 Å². The number of aliphatic carboxylic acids is 1. The largest absolute Gasteiger partial charge is 0.546 e. The van der Waals surface area contributed by atoms with Crippen LogP contribution in [0.4, 0.5) is 0 Å². The number of carboxylic acid groups (broad SMARTS) is 1. The summed E-state index contributed by atoms with van der Waals surface area (Å²) in [6.45, 7) is 11.3. The maximum Gasteiger partial charge on any atom is 0.155 e. The molecular weight excluding hydrogens is 326 g/mol. The molecule has 1 aliphatic rings. The molecule has 1 atom stereocenters. The summed E-state index contributed by atoms with van der Waals surface area (Å²) in [7, 11) is 2.24. The monoisotopic (exact) mass is 355 g/mol. The average Bonchev–Trinajstić information content (AvgIpc) is 2.85. The number of carboxylic acids is 1. The number of aliphatic hydroxyl groups is 1. The lowest BCUT2D eigenvalue weighted by Gasteiger charge is -2.31. The number of nitrogens with one attached hydrogen (secondary N) is 1. The van der Waals surface area contributed by atoms with Crippen molar-refractivity contribution in [2.45, 2.75) is 51.8 Å². The topological polar surface area (TPSA) is 64.8 Å². The first kappa shape index (κ1) is 20.1. The van der Waals surface area contributed by atoms with Crippen LogP contribution in [0.15, 0.2) is 48.5 Å². The van der Waals surface area contributed by atoms with E-state index in [9.17, 15) is 15.0 Å². The van der Waals surface area contributed by atoms with Crippen molar-refractivity contribution in [1.29, 1.82) is 0 Å². The summed E-state index contributed by atoms with van der Waals surface area (Å²) in [5.74, 6) is -1.49. The van der Waals surface area contributed by atoms with E-state index in [2.05, 4.69) is 41.7 Å². The first-order valence-corrected chi connectivity index (χ1v) is 8.98. The van der Waals surface area contributed by atoms with Crippen molar-refractivity contribution < 1.29 is 19.9 Å². The van der Waals surface area contributed by atoms with Crippen LogP contribution in [-0.4, -0.2) is 29.7 Å². The van der Waals surface area contributed by atoms with Crippen LogP contribution in [0.3, 0.4) is 0 Å². The van der Waals surface area contributed by atoms with Gasteiger partial charge in [0.15, 0.2) is 5.60 Å². The summed E-state index contributed by atoms with van der Waals surface area (Å²) in [5.41, 5.74) is 0.605. The quantitative estimate of drug-likeness (QED) is 0.855. The predicted octanol–water partition coefficient (Wildman–Crippen LogP) is 1.36. The summed E-state index contributed by atoms with van der Waals surface area (Å²) < 4.78 is 0. The Morgan fingerprint density at radius 3 is 1.65 bits per heavy atom. The zero-order valence-electron chi connectivity index (χ0n) is 16.5. The molecule has 0 aliphatic heterocycles. The number of carbonyl (C=O) groups is 1. The van der Waals surface area contributed by atoms with Crippen LogP contribution < -0.4 is 10.0 Å². The standard InChI is InChI=1S/C14H10O3.C8H19N/c15-13(16)14(17)11-7-3-1-5-9(11)10-6-2-4-8-12(10)14;1-7(2)9(6)8(3,4)5/h1-8,17H,(H,15,16);7H,1-6H3. The number of hydrogen-bond donors (Lipinski definition) is 2. The van der Waals surface area contributed by atoms with E-state index >= 15 is 0 Å². The third kappa shape index (κ3) is 3.53. The van der Waals surface area contributed by atoms with Gasteiger partial charge in [-0.3, -0.25) is 0 Å². The van der Waals surface area contributed by atoms with Crippen LogP contribution in [0.1, 0.15) is 45.7 Å². The van der Waals surface area contributed by atoms with E-state index in [1.807, 2.05) is 12.1 Å². The molecular formula is C22H29NO3. The van der Waals surface area contributed by atoms with E-state index in [0.717, 1.165) is 17.2 Å². The number of quaternary nitrogens is 1. The molecule has 2 aromatic carbocycles. The fourth-order valence-corrected chi connectivity index (χ4v) is 3.30. The number of fused-ring (bicyclic) bond motifs is 3. The van der Waals surface area contributed by atoms with Gasteiger partial charge in [-0.1, -0.05) is 48.5 Å². The van der Waals surface area contributed by atoms with E-state index in [-0.39, 0.29) is 0 Å². The van der Waals surface area contributed by atoms with Crippen molar-refractivity contribution in [3.05, 3.63) is 59.7 Å². The fraction of sp³-hybridized carbons (Fsp3) is 0.409. The van der Waals surface area contributed by atoms with Crippen molar-refractivity contribution in [2.24, 2.45) is 0 Å². The molecule has 2 N–H and O–H groups in total. The molecule has 0 bridgehead atoms. The Balaban J connectivity index is 0.000000232. The Labute approximate surface area is 156 Å². The lowest BCUT2D eigenvalue weighted by Crippen LogP contribution is -3.19. The maximum absolute atomic E-state index is 11.3. The molecule has 0 saturated carbocycles. The summed E-state index contributed by atoms with van der Waals surface area (Å²) in [6, 6.07) is 14.6. The first-order chi connectivity index (χ1) is 12.0. The van der Waals surface area contributed by atoms with Gasteiger partial charge < -0.3 is 19.9 Å². The Bertz CT molecular complexity index is 744. The van der Waals surface area contributed by atoms with E-state index < -0.39 is 11.6 Å². The van der Waals surface area contributed by atoms with E-state index in [1.54, 1.807) is 41.3 Å². The highest BCUT2D eigenvalue weighted by Crippen LogP contribution is 2.46. The van der Waals surface area contributed by atoms with Gasteiger partial charge in [-0.15, -0.1) is 0 Å². The van der Waals surface area contributed by atoms with Crippen LogP contribution in [0.25, 0.3) is 11.1 Å². The molecule has 3 rings (SSSR count). The van der Waals surface area contributed by atoms with Gasteiger partial charge in [-0.05, 0) is 45.7 Å². The molecule has 2 aromatic rings. The van der Waals surface area contributed by atoms with Gasteiger partial charge in [0.25, 0.3) is 0 Å². The third-order valence-corrected chi connectivity index (χ3v) is 5.27. The van der Waals surface area contributed by atoms with Crippen molar-refractivity contribution >= 4 is 5.97 Å². The second kappa shape index (κ2) is 7.22. The molecule has 0 heterocycles. The molecule has 0 spiro atoms. The smallest absolute Gasteiger partial charge is 0.155 e. The zero-order chi connectivity index (χ0) is 19.7. The van der Waals surface area contributed by atoms with Gasteiger partial charge >= 0.3 is 0 Å². The zero-order valence-corrected chi connectivity index (χ0v) is 16.5.